The van der Waals surface area contributed by atoms with Crippen LogP contribution in [0.2, 0.25) is 0 Å². The molecule has 0 atom stereocenters. The predicted molar refractivity (Wildman–Crippen MR) is 74.7 cm³/mol. The summed E-state index contributed by atoms with van der Waals surface area (Å²) in [5, 5.41) is 3.29. The number of rotatable bonds is 3. The first-order chi connectivity index (χ1) is 8.53. The molecule has 0 unspecified atom stereocenters. The first-order valence-corrected chi connectivity index (χ1v) is 7.08. The van der Waals surface area contributed by atoms with Crippen LogP contribution in [-0.2, 0) is 5.54 Å². The Hall–Kier alpha value is -0.960. The Bertz CT molecular complexity index is 406. The number of aryl methyl sites for hydroxylation is 1. The summed E-state index contributed by atoms with van der Waals surface area (Å²) in [7, 11) is 1.96. The van der Waals surface area contributed by atoms with E-state index in [1.807, 2.05) is 7.05 Å². The van der Waals surface area contributed by atoms with Crippen LogP contribution in [0.25, 0.3) is 0 Å². The SMILES string of the molecule is CNC(C)(C)c1nc(C)cc(C2CCCCC2)n1. The summed E-state index contributed by atoms with van der Waals surface area (Å²) in [5.74, 6) is 1.57. The van der Waals surface area contributed by atoms with Crippen LogP contribution in [0, 0.1) is 6.92 Å². The summed E-state index contributed by atoms with van der Waals surface area (Å²) >= 11 is 0. The van der Waals surface area contributed by atoms with Crippen molar-refractivity contribution in [3.05, 3.63) is 23.3 Å². The molecule has 1 aromatic heterocycles. The lowest BCUT2D eigenvalue weighted by Gasteiger charge is -2.26. The Morgan fingerprint density at radius 1 is 1.17 bits per heavy atom. The molecular weight excluding hydrogens is 222 g/mol. The van der Waals surface area contributed by atoms with E-state index in [-0.39, 0.29) is 5.54 Å². The summed E-state index contributed by atoms with van der Waals surface area (Å²) < 4.78 is 0. The zero-order chi connectivity index (χ0) is 13.2. The molecule has 3 heteroatoms. The fourth-order valence-corrected chi connectivity index (χ4v) is 2.59. The van der Waals surface area contributed by atoms with Crippen LogP contribution in [0.1, 0.15) is 69.1 Å². The van der Waals surface area contributed by atoms with Gasteiger partial charge in [-0.2, -0.15) is 0 Å². The van der Waals surface area contributed by atoms with Crippen molar-refractivity contribution >= 4 is 0 Å². The molecule has 0 radical (unpaired) electrons. The maximum Gasteiger partial charge on any atom is 0.148 e. The van der Waals surface area contributed by atoms with E-state index in [1.54, 1.807) is 0 Å². The van der Waals surface area contributed by atoms with Crippen LogP contribution in [0.3, 0.4) is 0 Å². The quantitative estimate of drug-likeness (QED) is 0.890. The standard InChI is InChI=1S/C15H25N3/c1-11-10-13(12-8-6-5-7-9-12)18-14(17-11)15(2,3)16-4/h10,12,16H,5-9H2,1-4H3. The molecule has 0 spiro atoms. The molecule has 1 fully saturated rings. The average Bonchev–Trinajstić information content (AvgIpc) is 2.39. The van der Waals surface area contributed by atoms with E-state index >= 15 is 0 Å². The second kappa shape index (κ2) is 5.35. The fraction of sp³-hybridized carbons (Fsp3) is 0.733. The Balaban J connectivity index is 2.31. The molecule has 1 aliphatic carbocycles. The molecule has 18 heavy (non-hydrogen) atoms. The minimum atomic E-state index is -0.157. The van der Waals surface area contributed by atoms with Crippen LogP contribution in [0.4, 0.5) is 0 Å². The van der Waals surface area contributed by atoms with Gasteiger partial charge in [0.25, 0.3) is 0 Å². The summed E-state index contributed by atoms with van der Waals surface area (Å²) in [4.78, 5) is 9.42. The zero-order valence-corrected chi connectivity index (χ0v) is 12.1. The van der Waals surface area contributed by atoms with E-state index in [9.17, 15) is 0 Å². The number of hydrogen-bond acceptors (Lipinski definition) is 3. The van der Waals surface area contributed by atoms with Crippen LogP contribution in [-0.4, -0.2) is 17.0 Å². The lowest BCUT2D eigenvalue weighted by Crippen LogP contribution is -2.35. The lowest BCUT2D eigenvalue weighted by atomic mass is 9.86. The molecule has 0 amide bonds. The fourth-order valence-electron chi connectivity index (χ4n) is 2.59. The Morgan fingerprint density at radius 2 is 1.83 bits per heavy atom. The van der Waals surface area contributed by atoms with Crippen molar-refractivity contribution in [1.82, 2.24) is 15.3 Å². The van der Waals surface area contributed by atoms with E-state index in [0.29, 0.717) is 5.92 Å². The first-order valence-electron chi connectivity index (χ1n) is 7.08. The van der Waals surface area contributed by atoms with Gasteiger partial charge in [-0.15, -0.1) is 0 Å². The van der Waals surface area contributed by atoms with Crippen LogP contribution < -0.4 is 5.32 Å². The third-order valence-corrected chi connectivity index (χ3v) is 4.08. The summed E-state index contributed by atoms with van der Waals surface area (Å²) in [6, 6.07) is 2.17. The van der Waals surface area contributed by atoms with Crippen molar-refractivity contribution in [1.29, 1.82) is 0 Å². The molecule has 1 aliphatic rings. The van der Waals surface area contributed by atoms with Crippen molar-refractivity contribution < 1.29 is 0 Å². The number of nitrogens with zero attached hydrogens (tertiary/aromatic N) is 2. The topological polar surface area (TPSA) is 37.8 Å². The van der Waals surface area contributed by atoms with E-state index in [1.165, 1.54) is 37.8 Å². The van der Waals surface area contributed by atoms with Gasteiger partial charge in [-0.3, -0.25) is 0 Å². The van der Waals surface area contributed by atoms with Gasteiger partial charge in [0.05, 0.1) is 5.54 Å². The van der Waals surface area contributed by atoms with Crippen LogP contribution in [0.15, 0.2) is 6.07 Å². The van der Waals surface area contributed by atoms with Gasteiger partial charge >= 0.3 is 0 Å². The molecule has 100 valence electrons. The summed E-state index contributed by atoms with van der Waals surface area (Å²) in [6.07, 6.45) is 6.65. The average molecular weight is 247 g/mol. The number of hydrogen-bond donors (Lipinski definition) is 1. The molecule has 1 N–H and O–H groups in total. The van der Waals surface area contributed by atoms with Gasteiger partial charge in [-0.1, -0.05) is 19.3 Å². The summed E-state index contributed by atoms with van der Waals surface area (Å²) in [6.45, 7) is 6.34. The van der Waals surface area contributed by atoms with Gasteiger partial charge in [0.1, 0.15) is 5.82 Å². The highest BCUT2D eigenvalue weighted by atomic mass is 15.0. The maximum absolute atomic E-state index is 4.83. The Kier molecular flexibility index (Phi) is 4.00. The van der Waals surface area contributed by atoms with E-state index in [0.717, 1.165) is 11.5 Å². The monoisotopic (exact) mass is 247 g/mol. The Morgan fingerprint density at radius 3 is 2.44 bits per heavy atom. The van der Waals surface area contributed by atoms with Crippen molar-refractivity contribution in [3.63, 3.8) is 0 Å². The molecule has 1 aromatic rings. The van der Waals surface area contributed by atoms with Crippen molar-refractivity contribution in [2.24, 2.45) is 0 Å². The molecule has 0 aromatic carbocycles. The molecule has 0 aliphatic heterocycles. The third-order valence-electron chi connectivity index (χ3n) is 4.08. The van der Waals surface area contributed by atoms with E-state index in [4.69, 9.17) is 4.98 Å². The molecule has 0 saturated heterocycles. The zero-order valence-electron chi connectivity index (χ0n) is 12.1. The van der Waals surface area contributed by atoms with Crippen molar-refractivity contribution in [2.45, 2.75) is 64.3 Å². The van der Waals surface area contributed by atoms with Gasteiger partial charge < -0.3 is 5.32 Å². The molecular formula is C15H25N3. The predicted octanol–water partition coefficient (Wildman–Crippen LogP) is 3.29. The highest BCUT2D eigenvalue weighted by Gasteiger charge is 2.24. The van der Waals surface area contributed by atoms with Crippen molar-refractivity contribution in [2.75, 3.05) is 7.05 Å². The minimum absolute atomic E-state index is 0.157. The summed E-state index contributed by atoms with van der Waals surface area (Å²) in [5.41, 5.74) is 2.18. The molecule has 3 nitrogen and oxygen atoms in total. The second-order valence-corrected chi connectivity index (χ2v) is 5.97. The van der Waals surface area contributed by atoms with Gasteiger partial charge in [-0.25, -0.2) is 9.97 Å². The molecule has 2 rings (SSSR count). The maximum atomic E-state index is 4.83. The highest BCUT2D eigenvalue weighted by Crippen LogP contribution is 2.32. The second-order valence-electron chi connectivity index (χ2n) is 5.97. The number of aromatic nitrogens is 2. The Labute approximate surface area is 110 Å². The largest absolute Gasteiger partial charge is 0.308 e. The molecule has 1 heterocycles. The molecule has 1 saturated carbocycles. The minimum Gasteiger partial charge on any atom is -0.308 e. The highest BCUT2D eigenvalue weighted by molar-refractivity contribution is 5.18. The van der Waals surface area contributed by atoms with Crippen LogP contribution >= 0.6 is 0 Å². The normalized spacial score (nSPS) is 18.0. The smallest absolute Gasteiger partial charge is 0.148 e. The van der Waals surface area contributed by atoms with Gasteiger partial charge in [-0.05, 0) is 46.7 Å². The number of nitrogens with one attached hydrogen (secondary N) is 1. The van der Waals surface area contributed by atoms with Gasteiger partial charge in [0.2, 0.25) is 0 Å². The lowest BCUT2D eigenvalue weighted by molar-refractivity contribution is 0.401. The first kappa shape index (κ1) is 13.5. The van der Waals surface area contributed by atoms with E-state index < -0.39 is 0 Å². The van der Waals surface area contributed by atoms with E-state index in [2.05, 4.69) is 37.1 Å². The third kappa shape index (κ3) is 2.89. The van der Waals surface area contributed by atoms with Gasteiger partial charge in [0.15, 0.2) is 0 Å². The van der Waals surface area contributed by atoms with Crippen molar-refractivity contribution in [3.8, 4) is 0 Å². The molecule has 0 bridgehead atoms. The van der Waals surface area contributed by atoms with Crippen LogP contribution in [0.5, 0.6) is 0 Å². The van der Waals surface area contributed by atoms with Gasteiger partial charge in [0, 0.05) is 17.3 Å².